The Bertz CT molecular complexity index is 549. The summed E-state index contributed by atoms with van der Waals surface area (Å²) >= 11 is 5.88. The third kappa shape index (κ3) is 3.67. The molecule has 6 heteroatoms. The zero-order valence-corrected chi connectivity index (χ0v) is 12.6. The van der Waals surface area contributed by atoms with Crippen LogP contribution in [-0.4, -0.2) is 23.1 Å². The maximum absolute atomic E-state index is 11.9. The lowest BCUT2D eigenvalue weighted by Crippen LogP contribution is -2.50. The van der Waals surface area contributed by atoms with Crippen LogP contribution in [0.4, 0.5) is 4.79 Å². The first-order chi connectivity index (χ1) is 9.91. The molecule has 1 aromatic carbocycles. The molecule has 0 aromatic heterocycles. The van der Waals surface area contributed by atoms with Crippen molar-refractivity contribution in [3.05, 3.63) is 34.9 Å². The summed E-state index contributed by atoms with van der Waals surface area (Å²) in [5.41, 5.74) is 0.0120. The van der Waals surface area contributed by atoms with Crippen molar-refractivity contribution in [3.8, 4) is 0 Å². The first-order valence-electron chi connectivity index (χ1n) is 6.94. The second-order valence-electron chi connectivity index (χ2n) is 5.62. The van der Waals surface area contributed by atoms with Gasteiger partial charge in [0.15, 0.2) is 0 Å². The Hall–Kier alpha value is -1.75. The molecule has 21 heavy (non-hydrogen) atoms. The first kappa shape index (κ1) is 15.6. The third-order valence-corrected chi connectivity index (χ3v) is 4.33. The zero-order valence-electron chi connectivity index (χ0n) is 11.9. The number of benzene rings is 1. The Morgan fingerprint density at radius 2 is 2.24 bits per heavy atom. The van der Waals surface area contributed by atoms with E-state index in [0.29, 0.717) is 24.4 Å². The molecular weight excluding hydrogens is 292 g/mol. The van der Waals surface area contributed by atoms with Crippen molar-refractivity contribution in [1.29, 1.82) is 0 Å². The van der Waals surface area contributed by atoms with Gasteiger partial charge in [-0.25, -0.2) is 4.79 Å². The second-order valence-corrected chi connectivity index (χ2v) is 6.06. The molecule has 3 N–H and O–H groups in total. The highest BCUT2D eigenvalue weighted by Crippen LogP contribution is 2.38. The topological polar surface area (TPSA) is 78.4 Å². The molecule has 0 spiro atoms. The Labute approximate surface area is 128 Å². The predicted octanol–water partition coefficient (Wildman–Crippen LogP) is 2.78. The number of nitrogens with one attached hydrogen (secondary N) is 2. The highest BCUT2D eigenvalue weighted by atomic mass is 35.5. The van der Waals surface area contributed by atoms with Gasteiger partial charge in [0, 0.05) is 17.6 Å². The molecule has 0 bridgehead atoms. The zero-order chi connectivity index (χ0) is 15.5. The molecule has 2 atom stereocenters. The van der Waals surface area contributed by atoms with Crippen molar-refractivity contribution >= 4 is 23.6 Å². The van der Waals surface area contributed by atoms with E-state index in [2.05, 4.69) is 10.6 Å². The van der Waals surface area contributed by atoms with Crippen LogP contribution in [0, 0.1) is 5.41 Å². The molecule has 0 radical (unpaired) electrons. The fourth-order valence-electron chi connectivity index (χ4n) is 2.69. The van der Waals surface area contributed by atoms with Crippen molar-refractivity contribution in [2.45, 2.75) is 38.8 Å². The van der Waals surface area contributed by atoms with Gasteiger partial charge in [0.2, 0.25) is 0 Å². The van der Waals surface area contributed by atoms with Crippen LogP contribution < -0.4 is 10.6 Å². The fraction of sp³-hybridized carbons (Fsp3) is 0.467. The molecule has 0 aliphatic heterocycles. The van der Waals surface area contributed by atoms with Crippen molar-refractivity contribution in [3.63, 3.8) is 0 Å². The molecule has 5 nitrogen and oxygen atoms in total. The van der Waals surface area contributed by atoms with Crippen LogP contribution in [0.15, 0.2) is 24.3 Å². The normalized spacial score (nSPS) is 24.6. The van der Waals surface area contributed by atoms with E-state index in [0.717, 1.165) is 12.0 Å². The lowest BCUT2D eigenvalue weighted by molar-refractivity contribution is -0.148. The maximum atomic E-state index is 11.9. The van der Waals surface area contributed by atoms with Crippen LogP contribution in [0.25, 0.3) is 0 Å². The summed E-state index contributed by atoms with van der Waals surface area (Å²) in [5.74, 6) is -0.861. The number of carbonyl (C=O) groups excluding carboxylic acids is 1. The van der Waals surface area contributed by atoms with E-state index in [4.69, 9.17) is 11.6 Å². The monoisotopic (exact) mass is 310 g/mol. The molecular formula is C15H19ClN2O3. The van der Waals surface area contributed by atoms with E-state index in [9.17, 15) is 14.7 Å². The quantitative estimate of drug-likeness (QED) is 0.800. The molecule has 1 aromatic rings. The summed E-state index contributed by atoms with van der Waals surface area (Å²) < 4.78 is 0. The smallest absolute Gasteiger partial charge is 0.315 e. The summed E-state index contributed by atoms with van der Waals surface area (Å²) in [6, 6.07) is 6.53. The molecule has 1 fully saturated rings. The molecule has 0 heterocycles. The number of carboxylic acid groups (broad SMARTS) is 1. The van der Waals surface area contributed by atoms with Crippen LogP contribution >= 0.6 is 11.6 Å². The lowest BCUT2D eigenvalue weighted by atomic mass is 9.85. The van der Waals surface area contributed by atoms with Gasteiger partial charge in [0.05, 0.1) is 5.41 Å². The summed E-state index contributed by atoms with van der Waals surface area (Å²) in [6.45, 7) is 2.03. The van der Waals surface area contributed by atoms with Crippen LogP contribution in [0.2, 0.25) is 5.02 Å². The van der Waals surface area contributed by atoms with E-state index >= 15 is 0 Å². The Kier molecular flexibility index (Phi) is 4.73. The Balaban J connectivity index is 1.89. The number of hydrogen-bond acceptors (Lipinski definition) is 2. The number of carboxylic acids is 1. The SMILES string of the molecule is CC1(C(=O)O)CCCC1NC(=O)NCc1cccc(Cl)c1. The minimum absolute atomic E-state index is 0.339. The standard InChI is InChI=1S/C15H19ClN2O3/c1-15(13(19)20)7-3-6-12(15)18-14(21)17-9-10-4-2-5-11(16)8-10/h2,4-5,8,12H,3,6-7,9H2,1H3,(H,19,20)(H2,17,18,21). The lowest BCUT2D eigenvalue weighted by Gasteiger charge is -2.27. The molecule has 114 valence electrons. The van der Waals surface area contributed by atoms with Crippen molar-refractivity contribution in [2.75, 3.05) is 0 Å². The minimum Gasteiger partial charge on any atom is -0.481 e. The van der Waals surface area contributed by atoms with E-state index < -0.39 is 11.4 Å². The van der Waals surface area contributed by atoms with E-state index in [1.165, 1.54) is 0 Å². The number of urea groups is 1. The van der Waals surface area contributed by atoms with Gasteiger partial charge >= 0.3 is 12.0 Å². The molecule has 1 aliphatic rings. The molecule has 1 saturated carbocycles. The van der Waals surface area contributed by atoms with E-state index in [1.807, 2.05) is 12.1 Å². The highest BCUT2D eigenvalue weighted by Gasteiger charge is 2.45. The molecule has 0 saturated heterocycles. The van der Waals surface area contributed by atoms with E-state index in [1.54, 1.807) is 19.1 Å². The average molecular weight is 311 g/mol. The summed E-state index contributed by atoms with van der Waals surface area (Å²) in [5, 5.41) is 15.4. The Morgan fingerprint density at radius 1 is 1.48 bits per heavy atom. The number of carbonyl (C=O) groups is 2. The predicted molar refractivity (Wildman–Crippen MR) is 80.2 cm³/mol. The van der Waals surface area contributed by atoms with Crippen molar-refractivity contribution in [1.82, 2.24) is 10.6 Å². The minimum atomic E-state index is -0.882. The average Bonchev–Trinajstić information content (AvgIpc) is 2.79. The number of aliphatic carboxylic acids is 1. The third-order valence-electron chi connectivity index (χ3n) is 4.09. The van der Waals surface area contributed by atoms with Gasteiger partial charge in [-0.3, -0.25) is 4.79 Å². The maximum Gasteiger partial charge on any atom is 0.315 e. The second kappa shape index (κ2) is 6.35. The van der Waals surface area contributed by atoms with Crippen molar-refractivity contribution < 1.29 is 14.7 Å². The molecule has 2 unspecified atom stereocenters. The van der Waals surface area contributed by atoms with Gasteiger partial charge in [-0.05, 0) is 37.5 Å². The van der Waals surface area contributed by atoms with E-state index in [-0.39, 0.29) is 12.1 Å². The summed E-state index contributed by atoms with van der Waals surface area (Å²) in [7, 11) is 0. The molecule has 2 rings (SSSR count). The largest absolute Gasteiger partial charge is 0.481 e. The van der Waals surface area contributed by atoms with Crippen LogP contribution in [0.5, 0.6) is 0 Å². The highest BCUT2D eigenvalue weighted by molar-refractivity contribution is 6.30. The van der Waals surface area contributed by atoms with Gasteiger partial charge in [-0.2, -0.15) is 0 Å². The number of halogens is 1. The first-order valence-corrected chi connectivity index (χ1v) is 7.32. The Morgan fingerprint density at radius 3 is 2.90 bits per heavy atom. The number of amides is 2. The van der Waals surface area contributed by atoms with Crippen LogP contribution in [0.3, 0.4) is 0 Å². The van der Waals surface area contributed by atoms with Crippen LogP contribution in [-0.2, 0) is 11.3 Å². The molecule has 1 aliphatic carbocycles. The van der Waals surface area contributed by atoms with Gasteiger partial charge < -0.3 is 15.7 Å². The summed E-state index contributed by atoms with van der Waals surface area (Å²) in [6.07, 6.45) is 2.08. The van der Waals surface area contributed by atoms with Crippen LogP contribution in [0.1, 0.15) is 31.7 Å². The van der Waals surface area contributed by atoms with Gasteiger partial charge in [0.25, 0.3) is 0 Å². The summed E-state index contributed by atoms with van der Waals surface area (Å²) in [4.78, 5) is 23.3. The van der Waals surface area contributed by atoms with Gasteiger partial charge in [-0.1, -0.05) is 30.2 Å². The number of rotatable bonds is 4. The molecule has 2 amide bonds. The van der Waals surface area contributed by atoms with Gasteiger partial charge in [0.1, 0.15) is 0 Å². The number of hydrogen-bond donors (Lipinski definition) is 3. The van der Waals surface area contributed by atoms with Gasteiger partial charge in [-0.15, -0.1) is 0 Å². The van der Waals surface area contributed by atoms with Crippen molar-refractivity contribution in [2.24, 2.45) is 5.41 Å². The fourth-order valence-corrected chi connectivity index (χ4v) is 2.91.